The van der Waals surface area contributed by atoms with Crippen LogP contribution in [0.1, 0.15) is 45.4 Å². The van der Waals surface area contributed by atoms with Gasteiger partial charge in [0, 0.05) is 32.8 Å². The van der Waals surface area contributed by atoms with E-state index in [9.17, 15) is 0 Å². The summed E-state index contributed by atoms with van der Waals surface area (Å²) in [6.45, 7) is 6.28. The smallest absolute Gasteiger partial charge is 0.276 e. The number of pyridine rings is 1. The molecule has 0 amide bonds. The Bertz CT molecular complexity index is 742. The fourth-order valence-electron chi connectivity index (χ4n) is 3.73. The van der Waals surface area contributed by atoms with Crippen molar-refractivity contribution >= 4 is 29.9 Å². The van der Waals surface area contributed by atoms with E-state index >= 15 is 0 Å². The second-order valence-corrected chi connectivity index (χ2v) is 7.78. The number of hydrogen-bond donors (Lipinski definition) is 2. The van der Waals surface area contributed by atoms with Crippen LogP contribution in [0.3, 0.4) is 0 Å². The fourth-order valence-corrected chi connectivity index (χ4v) is 3.73. The Morgan fingerprint density at radius 1 is 1.29 bits per heavy atom. The third-order valence-corrected chi connectivity index (χ3v) is 5.10. The molecule has 1 fully saturated rings. The van der Waals surface area contributed by atoms with Crippen LogP contribution in [-0.2, 0) is 6.42 Å². The third kappa shape index (κ3) is 6.15. The first-order valence-electron chi connectivity index (χ1n) is 9.79. The van der Waals surface area contributed by atoms with Gasteiger partial charge in [0.1, 0.15) is 5.69 Å². The summed E-state index contributed by atoms with van der Waals surface area (Å²) >= 11 is 0. The third-order valence-electron chi connectivity index (χ3n) is 5.10. The predicted octanol–water partition coefficient (Wildman–Crippen LogP) is 3.67. The van der Waals surface area contributed by atoms with Crippen LogP contribution in [0.25, 0.3) is 11.6 Å². The van der Waals surface area contributed by atoms with Crippen molar-refractivity contribution in [1.82, 2.24) is 25.8 Å². The van der Waals surface area contributed by atoms with Gasteiger partial charge in [-0.15, -0.1) is 24.0 Å². The molecule has 1 saturated carbocycles. The molecule has 0 aliphatic heterocycles. The number of guanidine groups is 1. The summed E-state index contributed by atoms with van der Waals surface area (Å²) < 4.78 is 5.29. The Hall–Kier alpha value is -1.71. The number of aliphatic imine (C=N–C) groups is 1. The van der Waals surface area contributed by atoms with Gasteiger partial charge in [-0.2, -0.15) is 4.98 Å². The maximum atomic E-state index is 5.29. The molecule has 0 spiro atoms. The average molecular weight is 498 g/mol. The number of aromatic nitrogens is 3. The Morgan fingerprint density at radius 3 is 2.71 bits per heavy atom. The minimum Gasteiger partial charge on any atom is -0.356 e. The molecule has 28 heavy (non-hydrogen) atoms. The maximum absolute atomic E-state index is 5.29. The van der Waals surface area contributed by atoms with Gasteiger partial charge in [-0.3, -0.25) is 9.98 Å². The van der Waals surface area contributed by atoms with E-state index in [2.05, 4.69) is 44.6 Å². The highest BCUT2D eigenvalue weighted by molar-refractivity contribution is 14.0. The largest absolute Gasteiger partial charge is 0.356 e. The summed E-state index contributed by atoms with van der Waals surface area (Å²) in [6, 6.07) is 5.62. The molecule has 0 aromatic carbocycles. The van der Waals surface area contributed by atoms with Crippen LogP contribution < -0.4 is 10.6 Å². The highest BCUT2D eigenvalue weighted by atomic mass is 127. The monoisotopic (exact) mass is 498 g/mol. The fraction of sp³-hybridized carbons (Fsp3) is 0.600. The Balaban J connectivity index is 0.00000280. The van der Waals surface area contributed by atoms with Crippen LogP contribution in [0.5, 0.6) is 0 Å². The number of halogens is 1. The lowest BCUT2D eigenvalue weighted by molar-refractivity contribution is 0.104. The molecule has 1 aliphatic rings. The molecule has 0 radical (unpaired) electrons. The lowest BCUT2D eigenvalue weighted by Crippen LogP contribution is -2.47. The van der Waals surface area contributed by atoms with E-state index < -0.39 is 0 Å². The normalized spacial score (nSPS) is 15.6. The first-order chi connectivity index (χ1) is 13.1. The van der Waals surface area contributed by atoms with E-state index in [-0.39, 0.29) is 24.0 Å². The molecule has 0 saturated heterocycles. The van der Waals surface area contributed by atoms with Crippen molar-refractivity contribution in [2.24, 2.45) is 16.3 Å². The molecule has 2 heterocycles. The highest BCUT2D eigenvalue weighted by Gasteiger charge is 2.37. The molecule has 2 N–H and O–H groups in total. The van der Waals surface area contributed by atoms with Crippen molar-refractivity contribution in [3.63, 3.8) is 0 Å². The second-order valence-electron chi connectivity index (χ2n) is 7.78. The van der Waals surface area contributed by atoms with Crippen LogP contribution in [-0.4, -0.2) is 41.2 Å². The topological polar surface area (TPSA) is 88.2 Å². The van der Waals surface area contributed by atoms with Gasteiger partial charge in [0.25, 0.3) is 5.89 Å². The first-order valence-corrected chi connectivity index (χ1v) is 9.79. The van der Waals surface area contributed by atoms with Crippen molar-refractivity contribution < 1.29 is 4.52 Å². The average Bonchev–Trinajstić information content (AvgIpc) is 3.11. The van der Waals surface area contributed by atoms with Crippen molar-refractivity contribution in [3.05, 3.63) is 30.2 Å². The molecular formula is C20H31IN6O. The molecular weight excluding hydrogens is 467 g/mol. The van der Waals surface area contributed by atoms with Crippen molar-refractivity contribution in [2.75, 3.05) is 20.1 Å². The van der Waals surface area contributed by atoms with Crippen molar-refractivity contribution in [3.8, 4) is 11.6 Å². The molecule has 154 valence electrons. The highest BCUT2D eigenvalue weighted by Crippen LogP contribution is 2.45. The summed E-state index contributed by atoms with van der Waals surface area (Å²) in [6.07, 6.45) is 7.62. The molecule has 3 rings (SSSR count). The SMILES string of the molecule is CN=C(NCCc1noc(-c2ccccn2)n1)NCC1(CC(C)C)CCC1.I. The van der Waals surface area contributed by atoms with Gasteiger partial charge < -0.3 is 15.2 Å². The van der Waals surface area contributed by atoms with Gasteiger partial charge >= 0.3 is 0 Å². The van der Waals surface area contributed by atoms with Crippen LogP contribution in [0, 0.1) is 11.3 Å². The minimum absolute atomic E-state index is 0. The zero-order valence-electron chi connectivity index (χ0n) is 16.9. The number of rotatable bonds is 8. The zero-order valence-corrected chi connectivity index (χ0v) is 19.3. The zero-order chi connectivity index (χ0) is 19.1. The summed E-state index contributed by atoms with van der Waals surface area (Å²) in [4.78, 5) is 13.0. The Morgan fingerprint density at radius 2 is 2.11 bits per heavy atom. The van der Waals surface area contributed by atoms with Crippen LogP contribution in [0.4, 0.5) is 0 Å². The molecule has 8 heteroatoms. The first kappa shape index (κ1) is 22.6. The number of hydrogen-bond acceptors (Lipinski definition) is 5. The Labute approximate surface area is 184 Å². The molecule has 7 nitrogen and oxygen atoms in total. The van der Waals surface area contributed by atoms with Crippen LogP contribution >= 0.6 is 24.0 Å². The summed E-state index contributed by atoms with van der Waals surface area (Å²) in [5, 5.41) is 10.9. The molecule has 0 unspecified atom stereocenters. The van der Waals surface area contributed by atoms with Gasteiger partial charge in [0.2, 0.25) is 0 Å². The lowest BCUT2D eigenvalue weighted by atomic mass is 9.64. The lowest BCUT2D eigenvalue weighted by Gasteiger charge is -2.43. The van der Waals surface area contributed by atoms with Gasteiger partial charge in [0.05, 0.1) is 0 Å². The van der Waals surface area contributed by atoms with Crippen LogP contribution in [0.15, 0.2) is 33.9 Å². The van der Waals surface area contributed by atoms with E-state index in [4.69, 9.17) is 4.52 Å². The second kappa shape index (κ2) is 10.7. The minimum atomic E-state index is 0. The molecule has 2 aromatic heterocycles. The van der Waals surface area contributed by atoms with E-state index in [1.165, 1.54) is 25.7 Å². The van der Waals surface area contributed by atoms with Crippen molar-refractivity contribution in [1.29, 1.82) is 0 Å². The number of nitrogens with zero attached hydrogens (tertiary/aromatic N) is 4. The van der Waals surface area contributed by atoms with Gasteiger partial charge in [-0.1, -0.05) is 31.5 Å². The van der Waals surface area contributed by atoms with E-state index in [1.54, 1.807) is 13.2 Å². The van der Waals surface area contributed by atoms with Gasteiger partial charge in [-0.05, 0) is 42.7 Å². The molecule has 2 aromatic rings. The number of nitrogens with one attached hydrogen (secondary N) is 2. The molecule has 1 aliphatic carbocycles. The van der Waals surface area contributed by atoms with Crippen LogP contribution in [0.2, 0.25) is 0 Å². The summed E-state index contributed by atoms with van der Waals surface area (Å²) in [5.74, 6) is 2.68. The maximum Gasteiger partial charge on any atom is 0.276 e. The summed E-state index contributed by atoms with van der Waals surface area (Å²) in [5.41, 5.74) is 1.13. The Kier molecular flexibility index (Phi) is 8.65. The standard InChI is InChI=1S/C20H30N6O.HI/c1-15(2)13-20(9-6-10-20)14-24-19(21-3)23-12-8-17-25-18(27-26-17)16-7-4-5-11-22-16;/h4-5,7,11,15H,6,8-10,12-14H2,1-3H3,(H2,21,23,24);1H. The van der Waals surface area contributed by atoms with Gasteiger partial charge in [-0.25, -0.2) is 0 Å². The van der Waals surface area contributed by atoms with E-state index in [0.717, 1.165) is 18.4 Å². The predicted molar refractivity (Wildman–Crippen MR) is 122 cm³/mol. The molecule has 0 bridgehead atoms. The molecule has 0 atom stereocenters. The van der Waals surface area contributed by atoms with E-state index in [1.807, 2.05) is 18.2 Å². The van der Waals surface area contributed by atoms with E-state index in [0.29, 0.717) is 35.8 Å². The quantitative estimate of drug-likeness (QED) is 0.328. The summed E-state index contributed by atoms with van der Waals surface area (Å²) in [7, 11) is 1.80. The van der Waals surface area contributed by atoms with Gasteiger partial charge in [0.15, 0.2) is 11.8 Å². The van der Waals surface area contributed by atoms with Crippen molar-refractivity contribution in [2.45, 2.75) is 46.0 Å².